The summed E-state index contributed by atoms with van der Waals surface area (Å²) in [6, 6.07) is 3.56. The lowest BCUT2D eigenvalue weighted by Crippen LogP contribution is -2.18. The van der Waals surface area contributed by atoms with E-state index in [1.165, 1.54) is 19.1 Å². The number of aliphatic carboxylic acids is 1. The molecule has 19 heavy (non-hydrogen) atoms. The number of carboxylic acid groups (broad SMARTS) is 1. The van der Waals surface area contributed by atoms with E-state index in [1.807, 2.05) is 0 Å². The number of carbonyl (C=O) groups is 2. The number of benzene rings is 1. The third-order valence-electron chi connectivity index (χ3n) is 2.54. The first-order valence-corrected chi connectivity index (χ1v) is 6.86. The van der Waals surface area contributed by atoms with Crippen molar-refractivity contribution in [2.24, 2.45) is 5.73 Å². The molecule has 1 aromatic carbocycles. The van der Waals surface area contributed by atoms with E-state index < -0.39 is 33.7 Å². The van der Waals surface area contributed by atoms with Gasteiger partial charge in [0.2, 0.25) is 5.91 Å². The third kappa shape index (κ3) is 4.44. The molecule has 7 heteroatoms. The zero-order valence-corrected chi connectivity index (χ0v) is 11.1. The normalized spacial score (nSPS) is 13.8. The molecule has 0 radical (unpaired) electrons. The van der Waals surface area contributed by atoms with Crippen LogP contribution < -0.4 is 5.73 Å². The molecule has 0 aromatic heterocycles. The van der Waals surface area contributed by atoms with Crippen molar-refractivity contribution >= 4 is 22.7 Å². The Labute approximate surface area is 112 Å². The minimum Gasteiger partial charge on any atom is -0.481 e. The van der Waals surface area contributed by atoms with Crippen LogP contribution in [0.3, 0.4) is 0 Å². The topological polar surface area (TPSA) is 97.5 Å². The van der Waals surface area contributed by atoms with Gasteiger partial charge in [-0.2, -0.15) is 0 Å². The van der Waals surface area contributed by atoms with Gasteiger partial charge in [-0.1, -0.05) is 6.92 Å². The largest absolute Gasteiger partial charge is 0.481 e. The summed E-state index contributed by atoms with van der Waals surface area (Å²) in [5.41, 5.74) is 5.29. The number of carbonyl (C=O) groups excluding carboxylic acids is 1. The summed E-state index contributed by atoms with van der Waals surface area (Å²) in [7, 11) is -1.54. The van der Waals surface area contributed by atoms with Gasteiger partial charge >= 0.3 is 5.97 Å². The fourth-order valence-electron chi connectivity index (χ4n) is 1.47. The van der Waals surface area contributed by atoms with Crippen molar-refractivity contribution in [3.63, 3.8) is 0 Å². The molecule has 1 rings (SSSR count). The number of nitrogens with two attached hydrogens (primary N) is 1. The van der Waals surface area contributed by atoms with E-state index in [4.69, 9.17) is 10.8 Å². The SMILES string of the molecule is CC(CC(=O)O)S(=O)Cc1cc(C(N)=O)ccc1F. The Morgan fingerprint density at radius 3 is 2.63 bits per heavy atom. The molecule has 0 aliphatic carbocycles. The number of rotatable bonds is 6. The van der Waals surface area contributed by atoms with Crippen molar-refractivity contribution < 1.29 is 23.3 Å². The first-order valence-electron chi connectivity index (χ1n) is 5.48. The average molecular weight is 287 g/mol. The van der Waals surface area contributed by atoms with Crippen molar-refractivity contribution in [2.45, 2.75) is 24.3 Å². The molecule has 3 N–H and O–H groups in total. The minimum atomic E-state index is -1.54. The molecule has 0 saturated carbocycles. The maximum Gasteiger partial charge on any atom is 0.304 e. The number of amides is 1. The van der Waals surface area contributed by atoms with Crippen LogP contribution in [0.1, 0.15) is 29.3 Å². The lowest BCUT2D eigenvalue weighted by molar-refractivity contribution is -0.136. The van der Waals surface area contributed by atoms with Crippen LogP contribution in [-0.2, 0) is 21.3 Å². The van der Waals surface area contributed by atoms with E-state index in [9.17, 15) is 18.2 Å². The van der Waals surface area contributed by atoms with E-state index in [0.29, 0.717) is 0 Å². The summed E-state index contributed by atoms with van der Waals surface area (Å²) >= 11 is 0. The van der Waals surface area contributed by atoms with Crippen LogP contribution in [-0.4, -0.2) is 26.4 Å². The van der Waals surface area contributed by atoms with Crippen molar-refractivity contribution in [1.29, 1.82) is 0 Å². The monoisotopic (exact) mass is 287 g/mol. The number of halogens is 1. The van der Waals surface area contributed by atoms with Gasteiger partial charge in [-0.05, 0) is 18.2 Å². The van der Waals surface area contributed by atoms with Gasteiger partial charge in [0.15, 0.2) is 0 Å². The number of hydrogen-bond donors (Lipinski definition) is 2. The molecule has 1 aromatic rings. The molecule has 1 amide bonds. The molecule has 0 spiro atoms. The molecule has 0 fully saturated rings. The van der Waals surface area contributed by atoms with Crippen LogP contribution in [0.15, 0.2) is 18.2 Å². The molecular formula is C12H14FNO4S. The Balaban J connectivity index is 2.86. The van der Waals surface area contributed by atoms with Crippen LogP contribution in [0.5, 0.6) is 0 Å². The van der Waals surface area contributed by atoms with Gasteiger partial charge in [-0.25, -0.2) is 4.39 Å². The van der Waals surface area contributed by atoms with Crippen LogP contribution in [0.2, 0.25) is 0 Å². The van der Waals surface area contributed by atoms with Gasteiger partial charge in [0.05, 0.1) is 12.2 Å². The van der Waals surface area contributed by atoms with Crippen LogP contribution in [0, 0.1) is 5.82 Å². The fourth-order valence-corrected chi connectivity index (χ4v) is 2.61. The zero-order chi connectivity index (χ0) is 14.6. The van der Waals surface area contributed by atoms with Crippen molar-refractivity contribution in [3.8, 4) is 0 Å². The quantitative estimate of drug-likeness (QED) is 0.816. The first kappa shape index (κ1) is 15.3. The number of primary amides is 1. The van der Waals surface area contributed by atoms with Crippen LogP contribution in [0.4, 0.5) is 4.39 Å². The molecule has 0 bridgehead atoms. The standard InChI is InChI=1S/C12H14FNO4S/c1-7(4-11(15)16)19(18)6-9-5-8(12(14)17)2-3-10(9)13/h2-3,5,7H,4,6H2,1H3,(H2,14,17)(H,15,16). The molecule has 0 aliphatic rings. The second kappa shape index (κ2) is 6.42. The van der Waals surface area contributed by atoms with Gasteiger partial charge < -0.3 is 10.8 Å². The predicted molar refractivity (Wildman–Crippen MR) is 68.5 cm³/mol. The molecule has 5 nitrogen and oxygen atoms in total. The lowest BCUT2D eigenvalue weighted by Gasteiger charge is -2.10. The van der Waals surface area contributed by atoms with E-state index in [0.717, 1.165) is 6.07 Å². The highest BCUT2D eigenvalue weighted by molar-refractivity contribution is 7.84. The zero-order valence-electron chi connectivity index (χ0n) is 10.3. The van der Waals surface area contributed by atoms with E-state index >= 15 is 0 Å². The second-order valence-electron chi connectivity index (χ2n) is 4.10. The smallest absolute Gasteiger partial charge is 0.304 e. The second-order valence-corrected chi connectivity index (χ2v) is 5.96. The number of hydrogen-bond acceptors (Lipinski definition) is 3. The Bertz CT molecular complexity index is 532. The summed E-state index contributed by atoms with van der Waals surface area (Å²) < 4.78 is 25.4. The van der Waals surface area contributed by atoms with Gasteiger partial charge in [-0.15, -0.1) is 0 Å². The molecule has 0 saturated heterocycles. The van der Waals surface area contributed by atoms with Crippen molar-refractivity contribution in [2.75, 3.05) is 0 Å². The third-order valence-corrected chi connectivity index (χ3v) is 4.20. The van der Waals surface area contributed by atoms with Gasteiger partial charge in [0, 0.05) is 27.2 Å². The van der Waals surface area contributed by atoms with Crippen molar-refractivity contribution in [3.05, 3.63) is 35.1 Å². The van der Waals surface area contributed by atoms with Gasteiger partial charge in [0.25, 0.3) is 0 Å². The van der Waals surface area contributed by atoms with Gasteiger partial charge in [0.1, 0.15) is 5.82 Å². The van der Waals surface area contributed by atoms with Gasteiger partial charge in [-0.3, -0.25) is 13.8 Å². The van der Waals surface area contributed by atoms with E-state index in [2.05, 4.69) is 0 Å². The maximum absolute atomic E-state index is 13.5. The molecule has 2 atom stereocenters. The Hall–Kier alpha value is -1.76. The van der Waals surface area contributed by atoms with Crippen LogP contribution in [0.25, 0.3) is 0 Å². The summed E-state index contributed by atoms with van der Waals surface area (Å²) in [5, 5.41) is 8.00. The lowest BCUT2D eigenvalue weighted by atomic mass is 10.1. The molecular weight excluding hydrogens is 273 g/mol. The molecule has 104 valence electrons. The fraction of sp³-hybridized carbons (Fsp3) is 0.333. The highest BCUT2D eigenvalue weighted by Gasteiger charge is 2.17. The Morgan fingerprint density at radius 2 is 2.11 bits per heavy atom. The first-order chi connectivity index (χ1) is 8.81. The highest BCUT2D eigenvalue weighted by atomic mass is 32.2. The Kier molecular flexibility index (Phi) is 5.17. The Morgan fingerprint density at radius 1 is 1.47 bits per heavy atom. The van der Waals surface area contributed by atoms with Crippen molar-refractivity contribution in [1.82, 2.24) is 0 Å². The summed E-state index contributed by atoms with van der Waals surface area (Å²) in [4.78, 5) is 21.5. The minimum absolute atomic E-state index is 0.0897. The highest BCUT2D eigenvalue weighted by Crippen LogP contribution is 2.15. The number of carboxylic acids is 1. The predicted octanol–water partition coefficient (Wildman–Crippen LogP) is 1.04. The summed E-state index contributed by atoms with van der Waals surface area (Å²) in [6.45, 7) is 1.51. The van der Waals surface area contributed by atoms with E-state index in [1.54, 1.807) is 0 Å². The molecule has 0 heterocycles. The van der Waals surface area contributed by atoms with Crippen LogP contribution >= 0.6 is 0 Å². The average Bonchev–Trinajstić information content (AvgIpc) is 2.30. The molecule has 0 aliphatic heterocycles. The summed E-state index contributed by atoms with van der Waals surface area (Å²) in [5.74, 6) is -2.51. The maximum atomic E-state index is 13.5. The summed E-state index contributed by atoms with van der Waals surface area (Å²) in [6.07, 6.45) is -0.260. The molecule has 2 unspecified atom stereocenters. The van der Waals surface area contributed by atoms with E-state index in [-0.39, 0.29) is 23.3 Å².